The van der Waals surface area contributed by atoms with E-state index in [1.165, 1.54) is 6.26 Å². The monoisotopic (exact) mass is 330 g/mol. The average Bonchev–Trinajstić information content (AvgIpc) is 2.41. The van der Waals surface area contributed by atoms with Crippen molar-refractivity contribution < 1.29 is 17.9 Å². The molecule has 0 bridgehead atoms. The van der Waals surface area contributed by atoms with Crippen molar-refractivity contribution >= 4 is 25.6 Å². The molecule has 118 valence electrons. The molecule has 0 amide bonds. The van der Waals surface area contributed by atoms with Gasteiger partial charge in [0, 0.05) is 12.0 Å². The summed E-state index contributed by atoms with van der Waals surface area (Å²) in [7, 11) is -1.93. The summed E-state index contributed by atoms with van der Waals surface area (Å²) >= 11 is 0. The van der Waals surface area contributed by atoms with E-state index in [4.69, 9.17) is 4.74 Å². The van der Waals surface area contributed by atoms with Crippen LogP contribution in [-0.2, 0) is 13.6 Å². The van der Waals surface area contributed by atoms with Crippen LogP contribution in [0.5, 0.6) is 0 Å². The van der Waals surface area contributed by atoms with E-state index in [1.807, 2.05) is 19.1 Å². The standard InChI is InChI=1S/C15H22O4S2/c1-13-7-9-14(10-8-13)15(16)19-11-5-3-4-6-12-20-21(2,17)18/h7-10H,3-6,11-12H2,1-2H3. The van der Waals surface area contributed by atoms with Crippen LogP contribution >= 0.6 is 10.8 Å². The minimum absolute atomic E-state index is 0.289. The molecule has 0 N–H and O–H groups in total. The van der Waals surface area contributed by atoms with E-state index < -0.39 is 8.87 Å². The fourth-order valence-corrected chi connectivity index (χ4v) is 3.59. The lowest BCUT2D eigenvalue weighted by Crippen LogP contribution is -2.06. The molecule has 0 heterocycles. The molecular formula is C15H22O4S2. The molecule has 0 saturated carbocycles. The Morgan fingerprint density at radius 2 is 1.71 bits per heavy atom. The van der Waals surface area contributed by atoms with Gasteiger partial charge in [0.15, 0.2) is 8.87 Å². The van der Waals surface area contributed by atoms with Crippen molar-refractivity contribution in [2.75, 3.05) is 18.6 Å². The van der Waals surface area contributed by atoms with Gasteiger partial charge in [-0.25, -0.2) is 13.2 Å². The van der Waals surface area contributed by atoms with Crippen LogP contribution in [0.1, 0.15) is 41.6 Å². The molecule has 1 rings (SSSR count). The van der Waals surface area contributed by atoms with Crippen molar-refractivity contribution in [1.82, 2.24) is 0 Å². The van der Waals surface area contributed by atoms with E-state index in [9.17, 15) is 13.2 Å². The summed E-state index contributed by atoms with van der Waals surface area (Å²) in [6.07, 6.45) is 4.78. The molecule has 6 heteroatoms. The van der Waals surface area contributed by atoms with Crippen LogP contribution in [0.3, 0.4) is 0 Å². The number of aryl methyl sites for hydroxylation is 1. The zero-order valence-corrected chi connectivity index (χ0v) is 14.1. The summed E-state index contributed by atoms with van der Waals surface area (Å²) < 4.78 is 27.0. The van der Waals surface area contributed by atoms with Gasteiger partial charge < -0.3 is 4.74 Å². The first-order chi connectivity index (χ1) is 9.88. The van der Waals surface area contributed by atoms with Gasteiger partial charge in [0.25, 0.3) is 0 Å². The van der Waals surface area contributed by atoms with Gasteiger partial charge >= 0.3 is 5.97 Å². The number of benzene rings is 1. The lowest BCUT2D eigenvalue weighted by molar-refractivity contribution is 0.0498. The lowest BCUT2D eigenvalue weighted by atomic mass is 10.1. The maximum atomic E-state index is 11.7. The minimum atomic E-state index is -2.92. The van der Waals surface area contributed by atoms with Crippen LogP contribution in [0.2, 0.25) is 0 Å². The van der Waals surface area contributed by atoms with Gasteiger partial charge in [-0.2, -0.15) is 0 Å². The van der Waals surface area contributed by atoms with Crippen molar-refractivity contribution in [2.24, 2.45) is 0 Å². The number of carbonyl (C=O) groups excluding carboxylic acids is 1. The van der Waals surface area contributed by atoms with Gasteiger partial charge in [0.2, 0.25) is 0 Å². The smallest absolute Gasteiger partial charge is 0.338 e. The molecule has 4 nitrogen and oxygen atoms in total. The van der Waals surface area contributed by atoms with Crippen molar-refractivity contribution in [3.8, 4) is 0 Å². The normalized spacial score (nSPS) is 11.3. The molecule has 0 saturated heterocycles. The van der Waals surface area contributed by atoms with Crippen LogP contribution in [0.4, 0.5) is 0 Å². The quantitative estimate of drug-likeness (QED) is 0.394. The summed E-state index contributed by atoms with van der Waals surface area (Å²) in [4.78, 5) is 11.7. The van der Waals surface area contributed by atoms with E-state index >= 15 is 0 Å². The van der Waals surface area contributed by atoms with Crippen molar-refractivity contribution in [2.45, 2.75) is 32.6 Å². The SMILES string of the molecule is Cc1ccc(C(=O)OCCCCCCSS(C)(=O)=O)cc1. The van der Waals surface area contributed by atoms with Crippen LogP contribution in [-0.4, -0.2) is 33.0 Å². The van der Waals surface area contributed by atoms with Gasteiger partial charge in [0.05, 0.1) is 12.2 Å². The highest BCUT2D eigenvalue weighted by Gasteiger charge is 2.06. The lowest BCUT2D eigenvalue weighted by Gasteiger charge is -2.05. The first-order valence-corrected chi connectivity index (χ1v) is 10.4. The van der Waals surface area contributed by atoms with Crippen LogP contribution < -0.4 is 0 Å². The van der Waals surface area contributed by atoms with Gasteiger partial charge in [-0.1, -0.05) is 30.5 Å². The van der Waals surface area contributed by atoms with Gasteiger partial charge in [0.1, 0.15) is 0 Å². The molecule has 1 aromatic rings. The Labute approximate surface area is 130 Å². The number of hydrogen-bond acceptors (Lipinski definition) is 5. The molecule has 0 aliphatic rings. The Kier molecular flexibility index (Phi) is 7.82. The van der Waals surface area contributed by atoms with Gasteiger partial charge in [-0.3, -0.25) is 0 Å². The number of hydrogen-bond donors (Lipinski definition) is 0. The average molecular weight is 330 g/mol. The second-order valence-electron chi connectivity index (χ2n) is 4.94. The summed E-state index contributed by atoms with van der Waals surface area (Å²) in [5.41, 5.74) is 1.68. The van der Waals surface area contributed by atoms with E-state index in [2.05, 4.69) is 0 Å². The highest BCUT2D eigenvalue weighted by molar-refractivity contribution is 8.71. The third-order valence-electron chi connectivity index (χ3n) is 2.86. The van der Waals surface area contributed by atoms with Crippen molar-refractivity contribution in [3.05, 3.63) is 35.4 Å². The highest BCUT2D eigenvalue weighted by atomic mass is 33.1. The molecule has 0 aromatic heterocycles. The predicted molar refractivity (Wildman–Crippen MR) is 87.2 cm³/mol. The maximum absolute atomic E-state index is 11.7. The summed E-state index contributed by atoms with van der Waals surface area (Å²) in [5, 5.41) is 0. The van der Waals surface area contributed by atoms with Crippen molar-refractivity contribution in [3.63, 3.8) is 0 Å². The highest BCUT2D eigenvalue weighted by Crippen LogP contribution is 2.13. The summed E-state index contributed by atoms with van der Waals surface area (Å²) in [6.45, 7) is 2.38. The second-order valence-corrected chi connectivity index (χ2v) is 9.52. The van der Waals surface area contributed by atoms with E-state index in [-0.39, 0.29) is 5.97 Å². The zero-order chi connectivity index (χ0) is 15.7. The van der Waals surface area contributed by atoms with Gasteiger partial charge in [-0.05, 0) is 42.7 Å². The molecule has 0 fully saturated rings. The summed E-state index contributed by atoms with van der Waals surface area (Å²) in [5.74, 6) is 0.338. The van der Waals surface area contributed by atoms with Crippen LogP contribution in [0, 0.1) is 6.92 Å². The largest absolute Gasteiger partial charge is 0.462 e. The van der Waals surface area contributed by atoms with Crippen molar-refractivity contribution in [1.29, 1.82) is 0 Å². The number of esters is 1. The molecule has 0 atom stereocenters. The number of unbranched alkanes of at least 4 members (excludes halogenated alkanes) is 3. The van der Waals surface area contributed by atoms with Crippen LogP contribution in [0.15, 0.2) is 24.3 Å². The second kappa shape index (κ2) is 9.10. The number of ether oxygens (including phenoxy) is 1. The molecule has 1 aromatic carbocycles. The zero-order valence-electron chi connectivity index (χ0n) is 12.5. The van der Waals surface area contributed by atoms with Crippen LogP contribution in [0.25, 0.3) is 0 Å². The molecule has 0 radical (unpaired) electrons. The predicted octanol–water partition coefficient (Wildman–Crippen LogP) is 3.41. The van der Waals surface area contributed by atoms with E-state index in [1.54, 1.807) is 12.1 Å². The Morgan fingerprint density at radius 1 is 1.10 bits per heavy atom. The summed E-state index contributed by atoms with van der Waals surface area (Å²) in [6, 6.07) is 7.30. The molecule has 0 unspecified atom stereocenters. The Morgan fingerprint density at radius 3 is 2.33 bits per heavy atom. The fraction of sp³-hybridized carbons (Fsp3) is 0.533. The topological polar surface area (TPSA) is 60.4 Å². The molecule has 21 heavy (non-hydrogen) atoms. The Hall–Kier alpha value is -1.01. The van der Waals surface area contributed by atoms with Gasteiger partial charge in [-0.15, -0.1) is 0 Å². The fourth-order valence-electron chi connectivity index (χ4n) is 1.71. The minimum Gasteiger partial charge on any atom is -0.462 e. The molecule has 0 aliphatic carbocycles. The molecular weight excluding hydrogens is 308 g/mol. The first kappa shape index (κ1) is 18.0. The van der Waals surface area contributed by atoms with E-state index in [0.717, 1.165) is 42.0 Å². The number of rotatable bonds is 9. The van der Waals surface area contributed by atoms with E-state index in [0.29, 0.717) is 17.9 Å². The Bertz CT molecular complexity index is 535. The Balaban J connectivity index is 2.06. The third kappa shape index (κ3) is 8.78. The first-order valence-electron chi connectivity index (χ1n) is 6.97. The molecule has 0 spiro atoms. The maximum Gasteiger partial charge on any atom is 0.338 e. The third-order valence-corrected chi connectivity index (χ3v) is 5.52. The molecule has 0 aliphatic heterocycles. The number of carbonyl (C=O) groups is 1.